The number of hydrogen-bond acceptors (Lipinski definition) is 0. The molecular formula is C8H19P. The normalized spacial score (nSPS) is 15.0. The lowest BCUT2D eigenvalue weighted by Gasteiger charge is -2.07. The molecular weight excluding hydrogens is 127 g/mol. The highest BCUT2D eigenvalue weighted by molar-refractivity contribution is 7.38. The second kappa shape index (κ2) is 6.55. The van der Waals surface area contributed by atoms with E-state index in [9.17, 15) is 0 Å². The van der Waals surface area contributed by atoms with Crippen molar-refractivity contribution >= 4 is 8.58 Å². The van der Waals surface area contributed by atoms with Crippen LogP contribution in [0.25, 0.3) is 0 Å². The van der Waals surface area contributed by atoms with E-state index in [4.69, 9.17) is 0 Å². The Kier molecular flexibility index (Phi) is 6.86. The molecule has 0 aromatic rings. The maximum absolute atomic E-state index is 2.37. The van der Waals surface area contributed by atoms with E-state index in [0.717, 1.165) is 5.66 Å². The van der Waals surface area contributed by atoms with Gasteiger partial charge in [-0.3, -0.25) is 0 Å². The summed E-state index contributed by atoms with van der Waals surface area (Å²) in [5.74, 6) is 0. The van der Waals surface area contributed by atoms with Gasteiger partial charge in [-0.05, 0) is 18.2 Å². The standard InChI is InChI=1S/C8H19P/c1-4-6-7-8(3)9-5-2/h8-9H,4-7H2,1-3H3. The topological polar surface area (TPSA) is 0 Å². The predicted molar refractivity (Wildman–Crippen MR) is 47.8 cm³/mol. The Morgan fingerprint density at radius 1 is 1.33 bits per heavy atom. The first-order valence-corrected chi connectivity index (χ1v) is 5.33. The minimum atomic E-state index is 0.995. The summed E-state index contributed by atoms with van der Waals surface area (Å²) >= 11 is 0. The lowest BCUT2D eigenvalue weighted by Crippen LogP contribution is -1.92. The summed E-state index contributed by atoms with van der Waals surface area (Å²) in [5, 5.41) is 0. The third-order valence-corrected chi connectivity index (χ3v) is 2.94. The van der Waals surface area contributed by atoms with Crippen molar-refractivity contribution in [2.75, 3.05) is 6.16 Å². The summed E-state index contributed by atoms with van der Waals surface area (Å²) in [6.07, 6.45) is 5.61. The van der Waals surface area contributed by atoms with E-state index in [1.54, 1.807) is 0 Å². The first kappa shape index (κ1) is 9.43. The number of rotatable bonds is 5. The third-order valence-electron chi connectivity index (χ3n) is 1.54. The molecule has 0 fully saturated rings. The van der Waals surface area contributed by atoms with Crippen LogP contribution in [-0.2, 0) is 0 Å². The quantitative estimate of drug-likeness (QED) is 0.522. The Bertz CT molecular complexity index is 52.5. The van der Waals surface area contributed by atoms with Gasteiger partial charge in [0, 0.05) is 0 Å². The molecule has 0 bridgehead atoms. The van der Waals surface area contributed by atoms with Crippen molar-refractivity contribution < 1.29 is 0 Å². The van der Waals surface area contributed by atoms with Gasteiger partial charge in [-0.1, -0.05) is 33.6 Å². The maximum Gasteiger partial charge on any atom is -0.0265 e. The van der Waals surface area contributed by atoms with E-state index in [2.05, 4.69) is 20.8 Å². The molecule has 56 valence electrons. The van der Waals surface area contributed by atoms with Gasteiger partial charge in [0.25, 0.3) is 0 Å². The minimum absolute atomic E-state index is 0.995. The first-order valence-electron chi connectivity index (χ1n) is 4.04. The molecule has 0 rings (SSSR count). The van der Waals surface area contributed by atoms with Crippen molar-refractivity contribution in [3.8, 4) is 0 Å². The van der Waals surface area contributed by atoms with Crippen LogP contribution in [0.15, 0.2) is 0 Å². The Morgan fingerprint density at radius 3 is 2.44 bits per heavy atom. The lowest BCUT2D eigenvalue weighted by atomic mass is 10.2. The fourth-order valence-electron chi connectivity index (χ4n) is 0.961. The van der Waals surface area contributed by atoms with Crippen molar-refractivity contribution in [2.24, 2.45) is 0 Å². The largest absolute Gasteiger partial charge is 0.119 e. The van der Waals surface area contributed by atoms with Crippen LogP contribution in [0.1, 0.15) is 40.0 Å². The lowest BCUT2D eigenvalue weighted by molar-refractivity contribution is 0.710. The summed E-state index contributed by atoms with van der Waals surface area (Å²) < 4.78 is 0. The van der Waals surface area contributed by atoms with Crippen LogP contribution in [0.5, 0.6) is 0 Å². The second-order valence-electron chi connectivity index (χ2n) is 2.60. The van der Waals surface area contributed by atoms with Crippen molar-refractivity contribution in [3.05, 3.63) is 0 Å². The fraction of sp³-hybridized carbons (Fsp3) is 1.00. The highest BCUT2D eigenvalue weighted by Crippen LogP contribution is 2.21. The smallest absolute Gasteiger partial charge is 0.0265 e. The summed E-state index contributed by atoms with van der Waals surface area (Å²) in [5.41, 5.74) is 0.995. The van der Waals surface area contributed by atoms with E-state index in [-0.39, 0.29) is 0 Å². The third kappa shape index (κ3) is 6.31. The molecule has 0 radical (unpaired) electrons. The van der Waals surface area contributed by atoms with Gasteiger partial charge in [-0.15, -0.1) is 8.58 Å². The molecule has 0 nitrogen and oxygen atoms in total. The molecule has 0 aliphatic rings. The molecule has 1 heteroatoms. The van der Waals surface area contributed by atoms with Gasteiger partial charge in [0.15, 0.2) is 0 Å². The van der Waals surface area contributed by atoms with Gasteiger partial charge in [0.05, 0.1) is 0 Å². The summed E-state index contributed by atoms with van der Waals surface area (Å²) in [6, 6.07) is 0. The van der Waals surface area contributed by atoms with Gasteiger partial charge in [-0.2, -0.15) is 0 Å². The molecule has 0 spiro atoms. The summed E-state index contributed by atoms with van der Waals surface area (Å²) in [4.78, 5) is 0. The monoisotopic (exact) mass is 146 g/mol. The van der Waals surface area contributed by atoms with E-state index in [1.165, 1.54) is 34.0 Å². The zero-order chi connectivity index (χ0) is 7.11. The molecule has 0 aromatic carbocycles. The van der Waals surface area contributed by atoms with Crippen LogP contribution in [0, 0.1) is 0 Å². The van der Waals surface area contributed by atoms with Gasteiger partial charge in [0.2, 0.25) is 0 Å². The van der Waals surface area contributed by atoms with Crippen LogP contribution >= 0.6 is 8.58 Å². The molecule has 0 N–H and O–H groups in total. The van der Waals surface area contributed by atoms with Crippen LogP contribution in [0.3, 0.4) is 0 Å². The Hall–Kier alpha value is 0.430. The molecule has 0 aliphatic carbocycles. The average Bonchev–Trinajstić information content (AvgIpc) is 1.85. The van der Waals surface area contributed by atoms with Gasteiger partial charge in [0.1, 0.15) is 0 Å². The number of unbranched alkanes of at least 4 members (excludes halogenated alkanes) is 1. The van der Waals surface area contributed by atoms with Crippen molar-refractivity contribution in [1.82, 2.24) is 0 Å². The molecule has 2 unspecified atom stereocenters. The average molecular weight is 146 g/mol. The second-order valence-corrected chi connectivity index (χ2v) is 4.70. The van der Waals surface area contributed by atoms with E-state index < -0.39 is 0 Å². The van der Waals surface area contributed by atoms with Crippen molar-refractivity contribution in [1.29, 1.82) is 0 Å². The van der Waals surface area contributed by atoms with Crippen LogP contribution in [0.2, 0.25) is 0 Å². The molecule has 0 aromatic heterocycles. The molecule has 0 amide bonds. The van der Waals surface area contributed by atoms with Crippen molar-refractivity contribution in [2.45, 2.75) is 45.7 Å². The molecule has 0 aliphatic heterocycles. The minimum Gasteiger partial charge on any atom is -0.119 e. The van der Waals surface area contributed by atoms with E-state index in [1.807, 2.05) is 0 Å². The van der Waals surface area contributed by atoms with E-state index in [0.29, 0.717) is 0 Å². The maximum atomic E-state index is 2.37. The van der Waals surface area contributed by atoms with Crippen molar-refractivity contribution in [3.63, 3.8) is 0 Å². The molecule has 0 saturated heterocycles. The van der Waals surface area contributed by atoms with E-state index >= 15 is 0 Å². The SMILES string of the molecule is CCCCC(C)PCC. The molecule has 9 heavy (non-hydrogen) atoms. The summed E-state index contributed by atoms with van der Waals surface area (Å²) in [6.45, 7) is 6.92. The zero-order valence-corrected chi connectivity index (χ0v) is 7.91. The van der Waals surface area contributed by atoms with Crippen LogP contribution in [0.4, 0.5) is 0 Å². The Balaban J connectivity index is 2.95. The summed E-state index contributed by atoms with van der Waals surface area (Å²) in [7, 11) is 1.20. The molecule has 0 heterocycles. The highest BCUT2D eigenvalue weighted by atomic mass is 31.1. The number of hydrogen-bond donors (Lipinski definition) is 0. The van der Waals surface area contributed by atoms with Crippen LogP contribution in [-0.4, -0.2) is 11.8 Å². The first-order chi connectivity index (χ1) is 4.31. The Morgan fingerprint density at radius 2 is 2.00 bits per heavy atom. The Labute approximate surface area is 61.2 Å². The van der Waals surface area contributed by atoms with Crippen LogP contribution < -0.4 is 0 Å². The van der Waals surface area contributed by atoms with Gasteiger partial charge in [-0.25, -0.2) is 0 Å². The zero-order valence-electron chi connectivity index (χ0n) is 6.91. The predicted octanol–water partition coefficient (Wildman–Crippen LogP) is 3.26. The fourth-order valence-corrected chi connectivity index (χ4v) is 2.07. The molecule has 0 saturated carbocycles. The highest BCUT2D eigenvalue weighted by Gasteiger charge is 1.97. The molecule has 2 atom stereocenters. The van der Waals surface area contributed by atoms with Gasteiger partial charge < -0.3 is 0 Å². The van der Waals surface area contributed by atoms with Gasteiger partial charge >= 0.3 is 0 Å².